The molecule has 1 heterocycles. The summed E-state index contributed by atoms with van der Waals surface area (Å²) in [6, 6.07) is 13.2. The third-order valence-corrected chi connectivity index (χ3v) is 6.96. The molecule has 3 nitrogen and oxygen atoms in total. The molecule has 2 aromatic rings. The lowest BCUT2D eigenvalue weighted by Gasteiger charge is -2.40. The fourth-order valence-electron chi connectivity index (χ4n) is 5.28. The highest BCUT2D eigenvalue weighted by molar-refractivity contribution is 5.72. The van der Waals surface area contributed by atoms with E-state index in [1.165, 1.54) is 23.3 Å². The van der Waals surface area contributed by atoms with Gasteiger partial charge in [0, 0.05) is 23.7 Å². The van der Waals surface area contributed by atoms with Gasteiger partial charge in [0.15, 0.2) is 0 Å². The SMILES string of the molecule is O=C(O)C1CCN(C2CCc3cc(C#Cc4cccc(F)c4)ccc32)CC12CC2. The average molecular weight is 389 g/mol. The molecule has 1 saturated carbocycles. The largest absolute Gasteiger partial charge is 0.481 e. The number of fused-ring (bicyclic) bond motifs is 1. The Hall–Kier alpha value is -2.64. The van der Waals surface area contributed by atoms with E-state index in [4.69, 9.17) is 0 Å². The lowest BCUT2D eigenvalue weighted by atomic mass is 9.81. The number of aryl methyl sites for hydroxylation is 1. The molecule has 4 heteroatoms. The Bertz CT molecular complexity index is 1030. The summed E-state index contributed by atoms with van der Waals surface area (Å²) in [4.78, 5) is 14.1. The highest BCUT2D eigenvalue weighted by Gasteiger charge is 2.56. The van der Waals surface area contributed by atoms with E-state index < -0.39 is 5.97 Å². The number of rotatable bonds is 2. The maximum atomic E-state index is 13.3. The Morgan fingerprint density at radius 1 is 1.10 bits per heavy atom. The summed E-state index contributed by atoms with van der Waals surface area (Å²) in [6.07, 6.45) is 4.98. The number of halogens is 1. The van der Waals surface area contributed by atoms with Crippen molar-refractivity contribution in [2.45, 2.75) is 38.1 Å². The third-order valence-electron chi connectivity index (χ3n) is 6.96. The monoisotopic (exact) mass is 389 g/mol. The van der Waals surface area contributed by atoms with E-state index in [-0.39, 0.29) is 17.2 Å². The Morgan fingerprint density at radius 2 is 1.90 bits per heavy atom. The van der Waals surface area contributed by atoms with Gasteiger partial charge < -0.3 is 5.11 Å². The van der Waals surface area contributed by atoms with Gasteiger partial charge in [-0.2, -0.15) is 0 Å². The minimum Gasteiger partial charge on any atom is -0.481 e. The fourth-order valence-corrected chi connectivity index (χ4v) is 5.28. The number of carbonyl (C=O) groups is 1. The molecular formula is C25H24FNO2. The van der Waals surface area contributed by atoms with Crippen LogP contribution in [-0.2, 0) is 11.2 Å². The molecule has 3 aliphatic rings. The van der Waals surface area contributed by atoms with Gasteiger partial charge in [-0.15, -0.1) is 0 Å². The number of carboxylic acid groups (broad SMARTS) is 1. The molecule has 0 aromatic heterocycles. The Kier molecular flexibility index (Phi) is 4.44. The summed E-state index contributed by atoms with van der Waals surface area (Å²) in [5.74, 6) is 5.15. The second kappa shape index (κ2) is 7.00. The number of hydrogen-bond acceptors (Lipinski definition) is 2. The van der Waals surface area contributed by atoms with Crippen molar-refractivity contribution in [2.24, 2.45) is 11.3 Å². The van der Waals surface area contributed by atoms with Gasteiger partial charge in [0.2, 0.25) is 0 Å². The second-order valence-corrected chi connectivity index (χ2v) is 8.74. The van der Waals surface area contributed by atoms with Gasteiger partial charge in [0.1, 0.15) is 5.82 Å². The molecule has 1 spiro atoms. The molecule has 1 saturated heterocycles. The topological polar surface area (TPSA) is 40.5 Å². The van der Waals surface area contributed by atoms with E-state index in [2.05, 4.69) is 34.9 Å². The summed E-state index contributed by atoms with van der Waals surface area (Å²) in [5, 5.41) is 9.55. The predicted octanol–water partition coefficient (Wildman–Crippen LogP) is 4.40. The first-order valence-electron chi connectivity index (χ1n) is 10.4. The molecule has 0 radical (unpaired) electrons. The standard InChI is InChI=1S/C25H24FNO2/c26-20-3-1-2-17(15-20)4-5-18-6-8-21-19(14-18)7-9-23(21)27-13-10-22(24(28)29)25(16-27)11-12-25/h1-3,6,8,14-15,22-23H,7,9-13,16H2,(H,28,29). The van der Waals surface area contributed by atoms with Gasteiger partial charge in [0.05, 0.1) is 5.92 Å². The number of nitrogens with zero attached hydrogens (tertiary/aromatic N) is 1. The fraction of sp³-hybridized carbons (Fsp3) is 0.400. The Balaban J connectivity index is 1.33. The van der Waals surface area contributed by atoms with Crippen LogP contribution in [0.1, 0.15) is 54.0 Å². The van der Waals surface area contributed by atoms with E-state index in [1.807, 2.05) is 6.07 Å². The van der Waals surface area contributed by atoms with Crippen molar-refractivity contribution in [2.75, 3.05) is 13.1 Å². The van der Waals surface area contributed by atoms with E-state index >= 15 is 0 Å². The molecule has 2 unspecified atom stereocenters. The second-order valence-electron chi connectivity index (χ2n) is 8.74. The van der Waals surface area contributed by atoms with Crippen molar-refractivity contribution in [1.29, 1.82) is 0 Å². The van der Waals surface area contributed by atoms with Gasteiger partial charge in [-0.05, 0) is 85.5 Å². The van der Waals surface area contributed by atoms with Crippen molar-refractivity contribution < 1.29 is 14.3 Å². The number of benzene rings is 2. The summed E-state index contributed by atoms with van der Waals surface area (Å²) in [5.41, 5.74) is 4.36. The molecule has 0 amide bonds. The van der Waals surface area contributed by atoms with Crippen molar-refractivity contribution in [3.8, 4) is 11.8 Å². The average Bonchev–Trinajstić information content (AvgIpc) is 3.33. The van der Waals surface area contributed by atoms with Crippen LogP contribution in [0.5, 0.6) is 0 Å². The van der Waals surface area contributed by atoms with Gasteiger partial charge >= 0.3 is 5.97 Å². The quantitative estimate of drug-likeness (QED) is 0.774. The molecule has 0 bridgehead atoms. The highest BCUT2D eigenvalue weighted by atomic mass is 19.1. The van der Waals surface area contributed by atoms with Crippen LogP contribution in [-0.4, -0.2) is 29.1 Å². The number of piperidine rings is 1. The molecule has 148 valence electrons. The van der Waals surface area contributed by atoms with Crippen LogP contribution in [0.2, 0.25) is 0 Å². The van der Waals surface area contributed by atoms with Crippen molar-refractivity contribution in [1.82, 2.24) is 4.90 Å². The number of likely N-dealkylation sites (tertiary alicyclic amines) is 1. The van der Waals surface area contributed by atoms with Gasteiger partial charge in [0.25, 0.3) is 0 Å². The van der Waals surface area contributed by atoms with Crippen LogP contribution in [0, 0.1) is 29.0 Å². The van der Waals surface area contributed by atoms with E-state index in [0.717, 1.165) is 50.8 Å². The zero-order chi connectivity index (χ0) is 20.0. The van der Waals surface area contributed by atoms with Crippen molar-refractivity contribution in [3.63, 3.8) is 0 Å². The van der Waals surface area contributed by atoms with E-state index in [1.54, 1.807) is 6.07 Å². The number of carboxylic acids is 1. The van der Waals surface area contributed by atoms with Crippen molar-refractivity contribution >= 4 is 5.97 Å². The van der Waals surface area contributed by atoms with E-state index in [9.17, 15) is 14.3 Å². The van der Waals surface area contributed by atoms with Gasteiger partial charge in [-0.25, -0.2) is 4.39 Å². The summed E-state index contributed by atoms with van der Waals surface area (Å²) in [7, 11) is 0. The Labute approximate surface area is 170 Å². The molecule has 1 N–H and O–H groups in total. The highest BCUT2D eigenvalue weighted by Crippen LogP contribution is 2.57. The molecule has 5 rings (SSSR count). The van der Waals surface area contributed by atoms with Crippen LogP contribution in [0.4, 0.5) is 4.39 Å². The van der Waals surface area contributed by atoms with Crippen LogP contribution in [0.15, 0.2) is 42.5 Å². The molecule has 2 atom stereocenters. The van der Waals surface area contributed by atoms with E-state index in [0.29, 0.717) is 11.6 Å². The zero-order valence-corrected chi connectivity index (χ0v) is 16.3. The van der Waals surface area contributed by atoms with Gasteiger partial charge in [-0.1, -0.05) is 24.0 Å². The smallest absolute Gasteiger partial charge is 0.307 e. The maximum Gasteiger partial charge on any atom is 0.307 e. The van der Waals surface area contributed by atoms with Crippen LogP contribution >= 0.6 is 0 Å². The first kappa shape index (κ1) is 18.4. The van der Waals surface area contributed by atoms with Gasteiger partial charge in [-0.3, -0.25) is 9.69 Å². The zero-order valence-electron chi connectivity index (χ0n) is 16.3. The number of aliphatic carboxylic acids is 1. The first-order valence-corrected chi connectivity index (χ1v) is 10.4. The first-order chi connectivity index (χ1) is 14.0. The predicted molar refractivity (Wildman–Crippen MR) is 109 cm³/mol. The molecule has 2 fully saturated rings. The van der Waals surface area contributed by atoms with Crippen molar-refractivity contribution in [3.05, 3.63) is 70.5 Å². The van der Waals surface area contributed by atoms with Crippen LogP contribution in [0.3, 0.4) is 0 Å². The maximum absolute atomic E-state index is 13.3. The van der Waals surface area contributed by atoms with Crippen LogP contribution < -0.4 is 0 Å². The lowest BCUT2D eigenvalue weighted by Crippen LogP contribution is -2.45. The minimum absolute atomic E-state index is 0.0171. The molecule has 2 aliphatic carbocycles. The summed E-state index contributed by atoms with van der Waals surface area (Å²) < 4.78 is 13.3. The van der Waals surface area contributed by atoms with Crippen LogP contribution in [0.25, 0.3) is 0 Å². The molecule has 2 aromatic carbocycles. The molecule has 1 aliphatic heterocycles. The summed E-state index contributed by atoms with van der Waals surface area (Å²) in [6.45, 7) is 1.78. The number of hydrogen-bond donors (Lipinski definition) is 1. The normalized spacial score (nSPS) is 24.6. The molecule has 29 heavy (non-hydrogen) atoms. The summed E-state index contributed by atoms with van der Waals surface area (Å²) >= 11 is 0. The third kappa shape index (κ3) is 3.45. The lowest BCUT2D eigenvalue weighted by molar-refractivity contribution is -0.147. The minimum atomic E-state index is -0.615. The molecular weight excluding hydrogens is 365 g/mol. The Morgan fingerprint density at radius 3 is 2.62 bits per heavy atom.